The monoisotopic (exact) mass is 317 g/mol. The zero-order valence-corrected chi connectivity index (χ0v) is 13.3. The Morgan fingerprint density at radius 1 is 1.27 bits per heavy atom. The highest BCUT2D eigenvalue weighted by Crippen LogP contribution is 2.15. The minimum atomic E-state index is -0.355. The number of likely N-dealkylation sites (tertiary alicyclic amines) is 1. The fourth-order valence-corrected chi connectivity index (χ4v) is 2.66. The molecule has 0 aliphatic carbocycles. The topological polar surface area (TPSA) is 56.1 Å². The maximum atomic E-state index is 12.1. The third-order valence-corrected chi connectivity index (χ3v) is 4.08. The van der Waals surface area contributed by atoms with Crippen molar-refractivity contribution in [1.29, 1.82) is 5.26 Å². The van der Waals surface area contributed by atoms with Crippen LogP contribution < -0.4 is 5.32 Å². The van der Waals surface area contributed by atoms with Crippen LogP contribution in [0.2, 0.25) is 5.02 Å². The quantitative estimate of drug-likeness (QED) is 0.685. The predicted octanol–water partition coefficient (Wildman–Crippen LogP) is 3.24. The number of hydrogen-bond acceptors (Lipinski definition) is 3. The van der Waals surface area contributed by atoms with E-state index in [1.165, 1.54) is 12.8 Å². The van der Waals surface area contributed by atoms with E-state index < -0.39 is 0 Å². The van der Waals surface area contributed by atoms with E-state index in [4.69, 9.17) is 11.6 Å². The molecule has 1 heterocycles. The third-order valence-electron chi connectivity index (χ3n) is 3.71. The van der Waals surface area contributed by atoms with Gasteiger partial charge >= 0.3 is 0 Å². The van der Waals surface area contributed by atoms with E-state index in [9.17, 15) is 10.1 Å². The molecule has 1 aliphatic rings. The summed E-state index contributed by atoms with van der Waals surface area (Å²) >= 11 is 6.06. The lowest BCUT2D eigenvalue weighted by atomic mass is 10.2. The van der Waals surface area contributed by atoms with Crippen molar-refractivity contribution in [3.8, 4) is 6.07 Å². The van der Waals surface area contributed by atoms with Gasteiger partial charge in [-0.15, -0.1) is 0 Å². The molecule has 0 bridgehead atoms. The molecule has 0 aromatic heterocycles. The van der Waals surface area contributed by atoms with Crippen molar-refractivity contribution >= 4 is 17.5 Å². The molecule has 116 valence electrons. The molecule has 2 rings (SSSR count). The minimum Gasteiger partial charge on any atom is -0.376 e. The molecule has 1 aliphatic heterocycles. The molecule has 1 fully saturated rings. The summed E-state index contributed by atoms with van der Waals surface area (Å²) in [6.07, 6.45) is 6.33. The van der Waals surface area contributed by atoms with E-state index in [0.717, 1.165) is 31.5 Å². The van der Waals surface area contributed by atoms with Gasteiger partial charge in [0.1, 0.15) is 11.6 Å². The van der Waals surface area contributed by atoms with Crippen LogP contribution in [0.1, 0.15) is 31.2 Å². The van der Waals surface area contributed by atoms with Crippen LogP contribution in [0.15, 0.2) is 36.0 Å². The normalized spacial score (nSPS) is 15.8. The van der Waals surface area contributed by atoms with Gasteiger partial charge in [-0.05, 0) is 24.5 Å². The van der Waals surface area contributed by atoms with Gasteiger partial charge in [0.15, 0.2) is 0 Å². The summed E-state index contributed by atoms with van der Waals surface area (Å²) in [4.78, 5) is 14.2. The average molecular weight is 318 g/mol. The molecule has 22 heavy (non-hydrogen) atoms. The Balaban J connectivity index is 1.96. The van der Waals surface area contributed by atoms with Crippen molar-refractivity contribution in [2.75, 3.05) is 13.1 Å². The van der Waals surface area contributed by atoms with Gasteiger partial charge in [0.25, 0.3) is 5.91 Å². The van der Waals surface area contributed by atoms with Crippen LogP contribution in [0, 0.1) is 11.3 Å². The van der Waals surface area contributed by atoms with Gasteiger partial charge in [-0.25, -0.2) is 0 Å². The predicted molar refractivity (Wildman–Crippen MR) is 87.0 cm³/mol. The van der Waals surface area contributed by atoms with E-state index in [-0.39, 0.29) is 11.5 Å². The Morgan fingerprint density at radius 3 is 2.59 bits per heavy atom. The van der Waals surface area contributed by atoms with Crippen molar-refractivity contribution < 1.29 is 4.79 Å². The Kier molecular flexibility index (Phi) is 6.29. The molecule has 1 aromatic carbocycles. The smallest absolute Gasteiger partial charge is 0.263 e. The molecule has 1 N–H and O–H groups in total. The van der Waals surface area contributed by atoms with E-state index in [1.807, 2.05) is 24.3 Å². The average Bonchev–Trinajstić information content (AvgIpc) is 2.80. The number of carbonyl (C=O) groups is 1. The molecule has 5 heteroatoms. The lowest BCUT2D eigenvalue weighted by molar-refractivity contribution is -0.117. The van der Waals surface area contributed by atoms with E-state index in [2.05, 4.69) is 10.2 Å². The molecular weight excluding hydrogens is 298 g/mol. The fraction of sp³-hybridized carbons (Fsp3) is 0.412. The number of rotatable bonds is 4. The number of hydrogen-bond donors (Lipinski definition) is 1. The molecule has 0 unspecified atom stereocenters. The molecule has 0 spiro atoms. The zero-order chi connectivity index (χ0) is 15.8. The first-order chi connectivity index (χ1) is 10.7. The molecular formula is C17H20ClN3O. The summed E-state index contributed by atoms with van der Waals surface area (Å²) in [6.45, 7) is 2.13. The lowest BCUT2D eigenvalue weighted by Gasteiger charge is -2.17. The molecule has 1 amide bonds. The Labute approximate surface area is 136 Å². The van der Waals surface area contributed by atoms with Gasteiger partial charge in [0.05, 0.1) is 0 Å². The van der Waals surface area contributed by atoms with Crippen LogP contribution in [0.5, 0.6) is 0 Å². The van der Waals surface area contributed by atoms with Crippen molar-refractivity contribution in [3.05, 3.63) is 46.6 Å². The summed E-state index contributed by atoms with van der Waals surface area (Å²) in [5.41, 5.74) is 0.985. The molecule has 4 nitrogen and oxygen atoms in total. The van der Waals surface area contributed by atoms with Crippen LogP contribution in [0.4, 0.5) is 0 Å². The van der Waals surface area contributed by atoms with E-state index in [1.54, 1.807) is 12.3 Å². The van der Waals surface area contributed by atoms with E-state index in [0.29, 0.717) is 11.6 Å². The molecule has 0 atom stereocenters. The summed E-state index contributed by atoms with van der Waals surface area (Å²) in [6, 6.07) is 9.34. The summed E-state index contributed by atoms with van der Waals surface area (Å²) in [7, 11) is 0. The second-order valence-electron chi connectivity index (χ2n) is 5.38. The van der Waals surface area contributed by atoms with Crippen LogP contribution in [-0.4, -0.2) is 23.9 Å². The van der Waals surface area contributed by atoms with Gasteiger partial charge < -0.3 is 10.2 Å². The highest BCUT2D eigenvalue weighted by molar-refractivity contribution is 6.31. The standard InChI is InChI=1S/C17H20ClN3O/c18-16-8-4-3-7-14(16)12-20-17(22)15(11-19)13-21-9-5-1-2-6-10-21/h3-4,7-8,13H,1-2,5-6,9-10,12H2,(H,20,22)/b15-13-. The molecule has 0 radical (unpaired) electrons. The van der Waals surface area contributed by atoms with Crippen LogP contribution in [-0.2, 0) is 11.3 Å². The van der Waals surface area contributed by atoms with Gasteiger partial charge in [-0.2, -0.15) is 5.26 Å². The fourth-order valence-electron chi connectivity index (χ4n) is 2.46. The van der Waals surface area contributed by atoms with Crippen molar-refractivity contribution in [2.45, 2.75) is 32.2 Å². The number of nitrogens with one attached hydrogen (secondary N) is 1. The SMILES string of the molecule is N#C/C(=C/N1CCCCCC1)C(=O)NCc1ccccc1Cl. The van der Waals surface area contributed by atoms with E-state index >= 15 is 0 Å². The highest BCUT2D eigenvalue weighted by atomic mass is 35.5. The Bertz CT molecular complexity index is 584. The summed E-state index contributed by atoms with van der Waals surface area (Å²) in [5, 5.41) is 12.6. The molecule has 0 saturated carbocycles. The number of amides is 1. The first-order valence-electron chi connectivity index (χ1n) is 7.58. The van der Waals surface area contributed by atoms with Gasteiger partial charge in [0, 0.05) is 30.9 Å². The molecule has 1 saturated heterocycles. The molecule has 1 aromatic rings. The number of nitriles is 1. The van der Waals surface area contributed by atoms with Crippen LogP contribution in [0.25, 0.3) is 0 Å². The van der Waals surface area contributed by atoms with Gasteiger partial charge in [-0.3, -0.25) is 4.79 Å². The summed E-state index contributed by atoms with van der Waals surface area (Å²) < 4.78 is 0. The maximum absolute atomic E-state index is 12.1. The first-order valence-corrected chi connectivity index (χ1v) is 7.96. The Hall–Kier alpha value is -1.99. The minimum absolute atomic E-state index is 0.147. The summed E-state index contributed by atoms with van der Waals surface area (Å²) in [5.74, 6) is -0.355. The number of benzene rings is 1. The first kappa shape index (κ1) is 16.4. The number of halogens is 1. The third kappa shape index (κ3) is 4.78. The Morgan fingerprint density at radius 2 is 1.95 bits per heavy atom. The van der Waals surface area contributed by atoms with Crippen molar-refractivity contribution in [2.24, 2.45) is 0 Å². The highest BCUT2D eigenvalue weighted by Gasteiger charge is 2.13. The lowest BCUT2D eigenvalue weighted by Crippen LogP contribution is -2.27. The number of nitrogens with zero attached hydrogens (tertiary/aromatic N) is 2. The largest absolute Gasteiger partial charge is 0.376 e. The maximum Gasteiger partial charge on any atom is 0.263 e. The van der Waals surface area contributed by atoms with Crippen LogP contribution >= 0.6 is 11.6 Å². The van der Waals surface area contributed by atoms with Crippen LogP contribution in [0.3, 0.4) is 0 Å². The van der Waals surface area contributed by atoms with Crippen molar-refractivity contribution in [3.63, 3.8) is 0 Å². The van der Waals surface area contributed by atoms with Gasteiger partial charge in [0.2, 0.25) is 0 Å². The zero-order valence-electron chi connectivity index (χ0n) is 12.5. The second-order valence-corrected chi connectivity index (χ2v) is 5.79. The van der Waals surface area contributed by atoms with Crippen molar-refractivity contribution in [1.82, 2.24) is 10.2 Å². The number of carbonyl (C=O) groups excluding carboxylic acids is 1. The second kappa shape index (κ2) is 8.45. The van der Waals surface area contributed by atoms with Gasteiger partial charge in [-0.1, -0.05) is 42.6 Å².